The Morgan fingerprint density at radius 2 is 1.86 bits per heavy atom. The van der Waals surface area contributed by atoms with Gasteiger partial charge in [-0.3, -0.25) is 9.59 Å². The van der Waals surface area contributed by atoms with E-state index in [1.54, 1.807) is 4.90 Å². The molecule has 3 heterocycles. The lowest BCUT2D eigenvalue weighted by Gasteiger charge is -2.30. The summed E-state index contributed by atoms with van der Waals surface area (Å²) in [5.74, 6) is 1.18. The van der Waals surface area contributed by atoms with E-state index in [9.17, 15) is 9.59 Å². The zero-order valence-electron chi connectivity index (χ0n) is 17.3. The number of hydrogen-bond acceptors (Lipinski definition) is 5. The molecule has 1 aromatic carbocycles. The molecule has 0 bridgehead atoms. The number of ketones is 1. The summed E-state index contributed by atoms with van der Waals surface area (Å²) < 4.78 is 6.94. The standard InChI is InChI=1S/C23H26N2O3S/c1-14-13-18(23(2,3)4)28-20(14)22(27)25-11-9-15(10-12-25)19(26)21-24-16-7-5-6-8-17(16)29-21/h5-8,13,15H,9-12H2,1-4H3. The molecule has 0 spiro atoms. The monoisotopic (exact) mass is 410 g/mol. The number of aromatic nitrogens is 1. The minimum absolute atomic E-state index is 0.0797. The van der Waals surface area contributed by atoms with Crippen LogP contribution in [0.3, 0.4) is 0 Å². The van der Waals surface area contributed by atoms with Crippen LogP contribution in [0.4, 0.5) is 0 Å². The van der Waals surface area contributed by atoms with E-state index in [1.165, 1.54) is 11.3 Å². The molecule has 29 heavy (non-hydrogen) atoms. The van der Waals surface area contributed by atoms with Crippen molar-refractivity contribution >= 4 is 33.2 Å². The van der Waals surface area contributed by atoms with Crippen LogP contribution >= 0.6 is 11.3 Å². The molecule has 3 aromatic rings. The molecule has 1 aliphatic heterocycles. The Morgan fingerprint density at radius 1 is 1.17 bits per heavy atom. The van der Waals surface area contributed by atoms with Gasteiger partial charge in [0.2, 0.25) is 0 Å². The largest absolute Gasteiger partial charge is 0.455 e. The molecule has 5 nitrogen and oxygen atoms in total. The lowest BCUT2D eigenvalue weighted by molar-refractivity contribution is 0.0620. The van der Waals surface area contributed by atoms with E-state index in [2.05, 4.69) is 25.8 Å². The van der Waals surface area contributed by atoms with Crippen LogP contribution in [0.2, 0.25) is 0 Å². The van der Waals surface area contributed by atoms with Crippen molar-refractivity contribution in [1.29, 1.82) is 0 Å². The summed E-state index contributed by atoms with van der Waals surface area (Å²) in [4.78, 5) is 32.2. The number of likely N-dealkylation sites (tertiary alicyclic amines) is 1. The minimum Gasteiger partial charge on any atom is -0.455 e. The fraction of sp³-hybridized carbons (Fsp3) is 0.435. The van der Waals surface area contributed by atoms with E-state index in [4.69, 9.17) is 4.42 Å². The first-order valence-corrected chi connectivity index (χ1v) is 10.9. The molecule has 1 saturated heterocycles. The van der Waals surface area contributed by atoms with Gasteiger partial charge in [-0.2, -0.15) is 0 Å². The lowest BCUT2D eigenvalue weighted by Crippen LogP contribution is -2.40. The fourth-order valence-corrected chi connectivity index (χ4v) is 4.69. The number of thiazole rings is 1. The molecule has 4 rings (SSSR count). The van der Waals surface area contributed by atoms with Crippen molar-refractivity contribution < 1.29 is 14.0 Å². The van der Waals surface area contributed by atoms with Crippen molar-refractivity contribution in [3.63, 3.8) is 0 Å². The maximum atomic E-state index is 13.0. The summed E-state index contributed by atoms with van der Waals surface area (Å²) >= 11 is 1.45. The Labute approximate surface area is 174 Å². The summed E-state index contributed by atoms with van der Waals surface area (Å²) in [6.45, 7) is 9.24. The number of nitrogens with zero attached hydrogens (tertiary/aromatic N) is 2. The highest BCUT2D eigenvalue weighted by Crippen LogP contribution is 2.30. The van der Waals surface area contributed by atoms with Gasteiger partial charge in [-0.25, -0.2) is 4.98 Å². The van der Waals surface area contributed by atoms with Crippen LogP contribution < -0.4 is 0 Å². The molecular formula is C23H26N2O3S. The van der Waals surface area contributed by atoms with Crippen LogP contribution in [0.25, 0.3) is 10.2 Å². The molecule has 0 radical (unpaired) electrons. The number of carbonyl (C=O) groups is 2. The molecule has 1 amide bonds. The van der Waals surface area contributed by atoms with E-state index in [-0.39, 0.29) is 23.0 Å². The number of hydrogen-bond donors (Lipinski definition) is 0. The Morgan fingerprint density at radius 3 is 2.48 bits per heavy atom. The zero-order chi connectivity index (χ0) is 20.8. The molecule has 2 aromatic heterocycles. The normalized spacial score (nSPS) is 15.8. The van der Waals surface area contributed by atoms with Crippen LogP contribution in [0, 0.1) is 12.8 Å². The number of Topliss-reactive ketones (excluding diaryl/α,β-unsaturated/α-hetero) is 1. The molecule has 0 saturated carbocycles. The number of amides is 1. The van der Waals surface area contributed by atoms with Gasteiger partial charge in [0, 0.05) is 30.0 Å². The highest BCUT2D eigenvalue weighted by molar-refractivity contribution is 7.20. The van der Waals surface area contributed by atoms with Crippen molar-refractivity contribution in [3.8, 4) is 0 Å². The maximum Gasteiger partial charge on any atom is 0.289 e. The average Bonchev–Trinajstić information content (AvgIpc) is 3.30. The minimum atomic E-state index is -0.139. The first-order chi connectivity index (χ1) is 13.7. The summed E-state index contributed by atoms with van der Waals surface area (Å²) in [6.07, 6.45) is 1.32. The first-order valence-electron chi connectivity index (χ1n) is 10.0. The van der Waals surface area contributed by atoms with Crippen molar-refractivity contribution in [2.45, 2.75) is 46.0 Å². The lowest BCUT2D eigenvalue weighted by atomic mass is 9.92. The zero-order valence-corrected chi connectivity index (χ0v) is 18.1. The van der Waals surface area contributed by atoms with Crippen LogP contribution in [0.1, 0.15) is 65.3 Å². The summed E-state index contributed by atoms with van der Waals surface area (Å²) in [7, 11) is 0. The third kappa shape index (κ3) is 3.86. The van der Waals surface area contributed by atoms with E-state index < -0.39 is 0 Å². The molecule has 0 aliphatic carbocycles. The second-order valence-electron chi connectivity index (χ2n) is 8.79. The number of aryl methyl sites for hydroxylation is 1. The first kappa shape index (κ1) is 19.8. The van der Waals surface area contributed by atoms with Crippen LogP contribution in [0.15, 0.2) is 34.7 Å². The van der Waals surface area contributed by atoms with Crippen LogP contribution in [-0.4, -0.2) is 34.7 Å². The van der Waals surface area contributed by atoms with Gasteiger partial charge in [0.15, 0.2) is 16.6 Å². The van der Waals surface area contributed by atoms with E-state index in [0.29, 0.717) is 36.7 Å². The second-order valence-corrected chi connectivity index (χ2v) is 9.82. The number of rotatable bonds is 3. The predicted octanol–water partition coefficient (Wildman–Crippen LogP) is 5.23. The molecule has 0 unspecified atom stereocenters. The van der Waals surface area contributed by atoms with Gasteiger partial charge < -0.3 is 9.32 Å². The Kier molecular flexibility index (Phi) is 5.07. The molecule has 6 heteroatoms. The number of para-hydroxylation sites is 1. The Bertz CT molecular complexity index is 1030. The van der Waals surface area contributed by atoms with Gasteiger partial charge in [-0.15, -0.1) is 11.3 Å². The highest BCUT2D eigenvalue weighted by atomic mass is 32.1. The van der Waals surface area contributed by atoms with Gasteiger partial charge in [-0.05, 0) is 38.0 Å². The van der Waals surface area contributed by atoms with E-state index in [0.717, 1.165) is 21.5 Å². The average molecular weight is 411 g/mol. The summed E-state index contributed by atoms with van der Waals surface area (Å²) in [6, 6.07) is 9.77. The van der Waals surface area contributed by atoms with Gasteiger partial charge in [0.1, 0.15) is 5.76 Å². The van der Waals surface area contributed by atoms with Crippen LogP contribution in [0.5, 0.6) is 0 Å². The van der Waals surface area contributed by atoms with Gasteiger partial charge >= 0.3 is 0 Å². The number of furan rings is 1. The number of carbonyl (C=O) groups excluding carboxylic acids is 2. The Balaban J connectivity index is 1.43. The molecule has 0 N–H and O–H groups in total. The van der Waals surface area contributed by atoms with Crippen molar-refractivity contribution in [2.75, 3.05) is 13.1 Å². The third-order valence-electron chi connectivity index (χ3n) is 5.51. The smallest absolute Gasteiger partial charge is 0.289 e. The topological polar surface area (TPSA) is 63.4 Å². The van der Waals surface area contributed by atoms with Gasteiger partial charge in [0.25, 0.3) is 5.91 Å². The molecule has 0 atom stereocenters. The molecule has 1 aliphatic rings. The number of fused-ring (bicyclic) bond motifs is 1. The van der Waals surface area contributed by atoms with Gasteiger partial charge in [0.05, 0.1) is 10.2 Å². The van der Waals surface area contributed by atoms with E-state index in [1.807, 2.05) is 37.3 Å². The number of benzene rings is 1. The van der Waals surface area contributed by atoms with Crippen molar-refractivity contribution in [1.82, 2.24) is 9.88 Å². The summed E-state index contributed by atoms with van der Waals surface area (Å²) in [5.41, 5.74) is 1.60. The third-order valence-corrected chi connectivity index (χ3v) is 6.56. The summed E-state index contributed by atoms with van der Waals surface area (Å²) in [5, 5.41) is 0.577. The molecular weight excluding hydrogens is 384 g/mol. The maximum absolute atomic E-state index is 13.0. The number of piperidine rings is 1. The Hall–Kier alpha value is -2.47. The molecule has 152 valence electrons. The second kappa shape index (κ2) is 7.41. The van der Waals surface area contributed by atoms with E-state index >= 15 is 0 Å². The quantitative estimate of drug-likeness (QED) is 0.555. The SMILES string of the molecule is Cc1cc(C(C)(C)C)oc1C(=O)N1CCC(C(=O)c2nc3ccccc3s2)CC1. The highest BCUT2D eigenvalue weighted by Gasteiger charge is 2.32. The van der Waals surface area contributed by atoms with Crippen molar-refractivity contribution in [3.05, 3.63) is 52.4 Å². The van der Waals surface area contributed by atoms with Gasteiger partial charge in [-0.1, -0.05) is 32.9 Å². The molecule has 1 fully saturated rings. The van der Waals surface area contributed by atoms with Crippen molar-refractivity contribution in [2.24, 2.45) is 5.92 Å². The van der Waals surface area contributed by atoms with Crippen LogP contribution in [-0.2, 0) is 5.41 Å². The predicted molar refractivity (Wildman–Crippen MR) is 115 cm³/mol. The fourth-order valence-electron chi connectivity index (χ4n) is 3.70.